The third kappa shape index (κ3) is 4.86. The molecule has 0 bridgehead atoms. The molecule has 3 aromatic carbocycles. The van der Waals surface area contributed by atoms with E-state index in [0.717, 1.165) is 14.7 Å². The minimum absolute atomic E-state index is 0.0645. The number of benzene rings is 3. The molecule has 0 saturated heterocycles. The summed E-state index contributed by atoms with van der Waals surface area (Å²) in [6.45, 7) is -0.0645. The second-order valence-corrected chi connectivity index (χ2v) is 9.83. The number of aromatic nitrogens is 2. The number of para-hydroxylation sites is 1. The average Bonchev–Trinajstić information content (AvgIpc) is 3.43. The van der Waals surface area contributed by atoms with Crippen molar-refractivity contribution in [2.45, 2.75) is 6.54 Å². The number of hydrogen-bond donors (Lipinski definition) is 2. The highest BCUT2D eigenvalue weighted by Crippen LogP contribution is 2.29. The van der Waals surface area contributed by atoms with Gasteiger partial charge in [-0.15, -0.1) is 0 Å². The lowest BCUT2D eigenvalue weighted by atomic mass is 10.1. The van der Waals surface area contributed by atoms with Gasteiger partial charge in [0.2, 0.25) is 5.91 Å². The van der Waals surface area contributed by atoms with E-state index in [1.165, 1.54) is 17.5 Å². The highest BCUT2D eigenvalue weighted by Gasteiger charge is 2.23. The molecule has 36 heavy (non-hydrogen) atoms. The Balaban J connectivity index is 1.39. The number of nitrogens with zero attached hydrogens (tertiary/aromatic N) is 2. The minimum atomic E-state index is -0.755. The van der Waals surface area contributed by atoms with Gasteiger partial charge in [-0.1, -0.05) is 45.5 Å². The van der Waals surface area contributed by atoms with Crippen molar-refractivity contribution in [3.63, 3.8) is 0 Å². The lowest BCUT2D eigenvalue weighted by Gasteiger charge is -2.05. The molecule has 0 aliphatic heterocycles. The van der Waals surface area contributed by atoms with Crippen molar-refractivity contribution in [3.05, 3.63) is 83.0 Å². The van der Waals surface area contributed by atoms with Gasteiger partial charge in [-0.25, -0.2) is 4.98 Å². The van der Waals surface area contributed by atoms with E-state index < -0.39 is 11.7 Å². The number of Topliss-reactive ketones (excluding diaryl/α,β-unsaturated/α-hetero) is 1. The zero-order valence-corrected chi connectivity index (χ0v) is 21.4. The Hall–Kier alpha value is -4.02. The number of anilines is 2. The Labute approximate surface area is 218 Å². The predicted molar refractivity (Wildman–Crippen MR) is 144 cm³/mol. The van der Waals surface area contributed by atoms with Crippen LogP contribution in [0, 0.1) is 0 Å². The van der Waals surface area contributed by atoms with Crippen LogP contribution in [-0.2, 0) is 16.1 Å². The van der Waals surface area contributed by atoms with Crippen molar-refractivity contribution in [2.75, 3.05) is 17.7 Å². The van der Waals surface area contributed by atoms with Gasteiger partial charge in [0.05, 0.1) is 22.9 Å². The Kier molecular flexibility index (Phi) is 6.53. The average molecular weight is 563 g/mol. The van der Waals surface area contributed by atoms with Gasteiger partial charge in [-0.05, 0) is 42.5 Å². The van der Waals surface area contributed by atoms with Crippen molar-refractivity contribution in [3.8, 4) is 5.75 Å². The molecule has 0 aliphatic rings. The summed E-state index contributed by atoms with van der Waals surface area (Å²) >= 11 is 4.78. The fourth-order valence-electron chi connectivity index (χ4n) is 3.81. The van der Waals surface area contributed by atoms with Gasteiger partial charge in [0.25, 0.3) is 11.7 Å². The number of rotatable bonds is 7. The quantitative estimate of drug-likeness (QED) is 0.202. The van der Waals surface area contributed by atoms with Crippen LogP contribution >= 0.6 is 27.3 Å². The summed E-state index contributed by atoms with van der Waals surface area (Å²) < 4.78 is 8.54. The largest absolute Gasteiger partial charge is 0.497 e. The molecule has 0 radical (unpaired) electrons. The fourth-order valence-corrected chi connectivity index (χ4v) is 5.04. The summed E-state index contributed by atoms with van der Waals surface area (Å²) in [6, 6.07) is 19.6. The molecule has 0 unspecified atom stereocenters. The van der Waals surface area contributed by atoms with Gasteiger partial charge in [0, 0.05) is 33.3 Å². The second-order valence-electron chi connectivity index (χ2n) is 7.88. The van der Waals surface area contributed by atoms with E-state index in [4.69, 9.17) is 4.74 Å². The van der Waals surface area contributed by atoms with Crippen LogP contribution in [0.3, 0.4) is 0 Å². The topological polar surface area (TPSA) is 102 Å². The monoisotopic (exact) mass is 562 g/mol. The number of methoxy groups -OCH3 is 1. The molecule has 0 aliphatic carbocycles. The van der Waals surface area contributed by atoms with Gasteiger partial charge in [0.1, 0.15) is 12.3 Å². The number of carbonyl (C=O) groups excluding carboxylic acids is 3. The fraction of sp³-hybridized carbons (Fsp3) is 0.0769. The van der Waals surface area contributed by atoms with Crippen LogP contribution in [0.4, 0.5) is 10.8 Å². The molecule has 8 nitrogen and oxygen atoms in total. The molecule has 2 N–H and O–H groups in total. The molecular weight excluding hydrogens is 544 g/mol. The molecule has 0 spiro atoms. The molecule has 5 aromatic rings. The van der Waals surface area contributed by atoms with E-state index in [0.29, 0.717) is 27.5 Å². The third-order valence-electron chi connectivity index (χ3n) is 5.48. The first-order valence-corrected chi connectivity index (χ1v) is 12.5. The number of nitrogens with one attached hydrogen (secondary N) is 2. The van der Waals surface area contributed by atoms with Crippen molar-refractivity contribution in [1.29, 1.82) is 0 Å². The highest BCUT2D eigenvalue weighted by molar-refractivity contribution is 9.10. The smallest absolute Gasteiger partial charge is 0.296 e. The summed E-state index contributed by atoms with van der Waals surface area (Å²) in [5, 5.41) is 6.47. The van der Waals surface area contributed by atoms with Gasteiger partial charge >= 0.3 is 0 Å². The molecule has 0 fully saturated rings. The second kappa shape index (κ2) is 9.92. The molecule has 2 aromatic heterocycles. The normalized spacial score (nSPS) is 10.9. The standard InChI is InChI=1S/C26H19BrN4O4S/c1-35-17-8-10-22-20(12-17)29-26(36-22)30-23(32)14-31-13-19(18-11-15(27)7-9-21(18)31)24(33)25(34)28-16-5-3-2-4-6-16/h2-13H,14H2,1H3,(H,28,34)(H,29,30,32). The lowest BCUT2D eigenvalue weighted by molar-refractivity contribution is -0.116. The van der Waals surface area contributed by atoms with Crippen LogP contribution in [-0.4, -0.2) is 34.3 Å². The molecule has 0 saturated carbocycles. The first kappa shape index (κ1) is 23.7. The molecule has 10 heteroatoms. The molecule has 180 valence electrons. The van der Waals surface area contributed by atoms with Gasteiger partial charge in [-0.3, -0.25) is 14.4 Å². The van der Waals surface area contributed by atoms with Crippen LogP contribution in [0.25, 0.3) is 21.1 Å². The van der Waals surface area contributed by atoms with Crippen LogP contribution in [0.5, 0.6) is 5.75 Å². The summed E-state index contributed by atoms with van der Waals surface area (Å²) in [7, 11) is 1.58. The summed E-state index contributed by atoms with van der Waals surface area (Å²) in [5.41, 5.74) is 2.11. The first-order valence-electron chi connectivity index (χ1n) is 10.8. The zero-order valence-electron chi connectivity index (χ0n) is 18.9. The maximum Gasteiger partial charge on any atom is 0.296 e. The van der Waals surface area contributed by atoms with Crippen LogP contribution in [0.15, 0.2) is 77.4 Å². The van der Waals surface area contributed by atoms with Gasteiger partial charge in [0.15, 0.2) is 5.13 Å². The number of thiazole rings is 1. The lowest BCUT2D eigenvalue weighted by Crippen LogP contribution is -2.23. The van der Waals surface area contributed by atoms with Crippen LogP contribution < -0.4 is 15.4 Å². The van der Waals surface area contributed by atoms with E-state index in [9.17, 15) is 14.4 Å². The van der Waals surface area contributed by atoms with Crippen LogP contribution in [0.2, 0.25) is 0 Å². The number of amides is 2. The van der Waals surface area contributed by atoms with E-state index in [1.54, 1.807) is 54.1 Å². The molecule has 2 heterocycles. The molecule has 0 atom stereocenters. The van der Waals surface area contributed by atoms with E-state index in [1.807, 2.05) is 24.3 Å². The SMILES string of the molecule is COc1ccc2sc(NC(=O)Cn3cc(C(=O)C(=O)Nc4ccccc4)c4cc(Br)ccc43)nc2c1. The summed E-state index contributed by atoms with van der Waals surface area (Å²) in [4.78, 5) is 43.1. The Morgan fingerprint density at radius 2 is 1.83 bits per heavy atom. The van der Waals surface area contributed by atoms with Gasteiger partial charge < -0.3 is 19.9 Å². The minimum Gasteiger partial charge on any atom is -0.497 e. The number of fused-ring (bicyclic) bond motifs is 2. The van der Waals surface area contributed by atoms with E-state index >= 15 is 0 Å². The van der Waals surface area contributed by atoms with Crippen molar-refractivity contribution < 1.29 is 19.1 Å². The van der Waals surface area contributed by atoms with Crippen molar-refractivity contribution >= 4 is 76.8 Å². The molecular formula is C26H19BrN4O4S. The van der Waals surface area contributed by atoms with E-state index in [-0.39, 0.29) is 18.0 Å². The number of hydrogen-bond acceptors (Lipinski definition) is 6. The zero-order chi connectivity index (χ0) is 25.2. The Morgan fingerprint density at radius 3 is 2.61 bits per heavy atom. The third-order valence-corrected chi connectivity index (χ3v) is 6.93. The predicted octanol–water partition coefficient (Wildman–Crippen LogP) is 5.48. The number of ether oxygens (including phenoxy) is 1. The maximum absolute atomic E-state index is 13.1. The highest BCUT2D eigenvalue weighted by atomic mass is 79.9. The summed E-state index contributed by atoms with van der Waals surface area (Å²) in [5.74, 6) is -1.08. The number of carbonyl (C=O) groups is 3. The Morgan fingerprint density at radius 1 is 1.03 bits per heavy atom. The Bertz CT molecular complexity index is 1630. The maximum atomic E-state index is 13.1. The first-order chi connectivity index (χ1) is 17.4. The molecule has 2 amide bonds. The van der Waals surface area contributed by atoms with Gasteiger partial charge in [-0.2, -0.15) is 0 Å². The number of ketones is 1. The van der Waals surface area contributed by atoms with E-state index in [2.05, 4.69) is 31.5 Å². The van der Waals surface area contributed by atoms with Crippen molar-refractivity contribution in [1.82, 2.24) is 9.55 Å². The molecule has 5 rings (SSSR count). The van der Waals surface area contributed by atoms with Crippen LogP contribution in [0.1, 0.15) is 10.4 Å². The van der Waals surface area contributed by atoms with Crippen molar-refractivity contribution in [2.24, 2.45) is 0 Å². The summed E-state index contributed by atoms with van der Waals surface area (Å²) in [6.07, 6.45) is 1.53. The number of halogens is 1.